The van der Waals surface area contributed by atoms with Crippen molar-refractivity contribution in [2.24, 2.45) is 0 Å². The summed E-state index contributed by atoms with van der Waals surface area (Å²) in [4.78, 5) is 0. The van der Waals surface area contributed by atoms with Gasteiger partial charge in [-0.05, 0) is 18.6 Å². The minimum Gasteiger partial charge on any atom is -0.489 e. The molecule has 2 aromatic carbocycles. The van der Waals surface area contributed by atoms with Gasteiger partial charge in [0.15, 0.2) is 0 Å². The second-order valence-corrected chi connectivity index (χ2v) is 4.16. The highest BCUT2D eigenvalue weighted by Gasteiger charge is 2.10. The summed E-state index contributed by atoms with van der Waals surface area (Å²) in [5, 5.41) is 8.99. The SMILES string of the molecule is CC(C#N)c1ccccc1OCc1ccccc1. The standard InChI is InChI=1S/C16H15NO/c1-13(11-17)15-9-5-6-10-16(15)18-12-14-7-3-2-4-8-14/h2-10,13H,12H2,1H3. The van der Waals surface area contributed by atoms with Crippen LogP contribution in [0.25, 0.3) is 0 Å². The predicted molar refractivity (Wildman–Crippen MR) is 71.2 cm³/mol. The number of ether oxygens (including phenoxy) is 1. The van der Waals surface area contributed by atoms with Gasteiger partial charge in [0.2, 0.25) is 0 Å². The molecule has 18 heavy (non-hydrogen) atoms. The van der Waals surface area contributed by atoms with Crippen LogP contribution in [-0.4, -0.2) is 0 Å². The van der Waals surface area contributed by atoms with Gasteiger partial charge in [-0.1, -0.05) is 48.5 Å². The molecule has 0 aromatic heterocycles. The summed E-state index contributed by atoms with van der Waals surface area (Å²) in [5.74, 6) is 0.632. The summed E-state index contributed by atoms with van der Waals surface area (Å²) < 4.78 is 5.80. The molecular formula is C16H15NO. The zero-order valence-corrected chi connectivity index (χ0v) is 10.3. The van der Waals surface area contributed by atoms with Gasteiger partial charge in [-0.25, -0.2) is 0 Å². The predicted octanol–water partition coefficient (Wildman–Crippen LogP) is 3.89. The normalized spacial score (nSPS) is 11.6. The molecule has 1 atom stereocenters. The molecule has 1 unspecified atom stereocenters. The number of nitriles is 1. The maximum Gasteiger partial charge on any atom is 0.124 e. The van der Waals surface area contributed by atoms with E-state index in [0.717, 1.165) is 16.9 Å². The molecule has 0 saturated heterocycles. The molecule has 0 heterocycles. The van der Waals surface area contributed by atoms with Crippen molar-refractivity contribution >= 4 is 0 Å². The van der Waals surface area contributed by atoms with E-state index >= 15 is 0 Å². The maximum absolute atomic E-state index is 8.99. The molecule has 0 aliphatic rings. The van der Waals surface area contributed by atoms with Crippen molar-refractivity contribution in [2.45, 2.75) is 19.4 Å². The van der Waals surface area contributed by atoms with Crippen LogP contribution >= 0.6 is 0 Å². The number of para-hydroxylation sites is 1. The van der Waals surface area contributed by atoms with Crippen LogP contribution in [0.3, 0.4) is 0 Å². The Morgan fingerprint density at radius 2 is 1.72 bits per heavy atom. The third-order valence-electron chi connectivity index (χ3n) is 2.82. The fraction of sp³-hybridized carbons (Fsp3) is 0.188. The molecule has 2 aromatic rings. The van der Waals surface area contributed by atoms with E-state index in [4.69, 9.17) is 10.00 Å². The van der Waals surface area contributed by atoms with Gasteiger partial charge < -0.3 is 4.74 Å². The number of hydrogen-bond donors (Lipinski definition) is 0. The molecule has 0 N–H and O–H groups in total. The van der Waals surface area contributed by atoms with Gasteiger partial charge in [-0.15, -0.1) is 0 Å². The molecule has 0 fully saturated rings. The highest BCUT2D eigenvalue weighted by Crippen LogP contribution is 2.26. The largest absolute Gasteiger partial charge is 0.489 e. The van der Waals surface area contributed by atoms with Crippen LogP contribution in [0.2, 0.25) is 0 Å². The monoisotopic (exact) mass is 237 g/mol. The first-order valence-electron chi connectivity index (χ1n) is 5.96. The highest BCUT2D eigenvalue weighted by molar-refractivity contribution is 5.38. The molecule has 0 saturated carbocycles. The van der Waals surface area contributed by atoms with Crippen molar-refractivity contribution in [1.82, 2.24) is 0 Å². The third kappa shape index (κ3) is 2.89. The van der Waals surface area contributed by atoms with E-state index < -0.39 is 0 Å². The molecular weight excluding hydrogens is 222 g/mol. The molecule has 0 bridgehead atoms. The minimum atomic E-state index is -0.156. The van der Waals surface area contributed by atoms with Crippen LogP contribution in [-0.2, 0) is 6.61 Å². The lowest BCUT2D eigenvalue weighted by atomic mass is 10.0. The minimum absolute atomic E-state index is 0.156. The van der Waals surface area contributed by atoms with Crippen molar-refractivity contribution in [3.63, 3.8) is 0 Å². The number of rotatable bonds is 4. The van der Waals surface area contributed by atoms with E-state index in [2.05, 4.69) is 6.07 Å². The first kappa shape index (κ1) is 12.2. The van der Waals surface area contributed by atoms with Crippen LogP contribution in [0, 0.1) is 11.3 Å². The van der Waals surface area contributed by atoms with Gasteiger partial charge in [0.25, 0.3) is 0 Å². The van der Waals surface area contributed by atoms with E-state index in [1.165, 1.54) is 0 Å². The Morgan fingerprint density at radius 3 is 2.44 bits per heavy atom. The Balaban J connectivity index is 2.13. The van der Waals surface area contributed by atoms with Gasteiger partial charge in [0.1, 0.15) is 12.4 Å². The molecule has 0 aliphatic heterocycles. The first-order valence-corrected chi connectivity index (χ1v) is 5.96. The summed E-state index contributed by atoms with van der Waals surface area (Å²) in [6.07, 6.45) is 0. The van der Waals surface area contributed by atoms with Crippen molar-refractivity contribution < 1.29 is 4.74 Å². The number of hydrogen-bond acceptors (Lipinski definition) is 2. The lowest BCUT2D eigenvalue weighted by Crippen LogP contribution is -2.00. The van der Waals surface area contributed by atoms with Crippen molar-refractivity contribution in [2.75, 3.05) is 0 Å². The smallest absolute Gasteiger partial charge is 0.124 e. The van der Waals surface area contributed by atoms with Crippen LogP contribution in [0.1, 0.15) is 24.0 Å². The molecule has 0 spiro atoms. The maximum atomic E-state index is 8.99. The van der Waals surface area contributed by atoms with Gasteiger partial charge in [-0.3, -0.25) is 0 Å². The quantitative estimate of drug-likeness (QED) is 0.808. The molecule has 0 aliphatic carbocycles. The zero-order valence-electron chi connectivity index (χ0n) is 10.3. The summed E-state index contributed by atoms with van der Waals surface area (Å²) in [6.45, 7) is 2.40. The second-order valence-electron chi connectivity index (χ2n) is 4.16. The Hall–Kier alpha value is -2.27. The Morgan fingerprint density at radius 1 is 1.06 bits per heavy atom. The van der Waals surface area contributed by atoms with E-state index in [1.54, 1.807) is 0 Å². The Bertz CT molecular complexity index is 543. The number of benzene rings is 2. The van der Waals surface area contributed by atoms with Crippen molar-refractivity contribution in [1.29, 1.82) is 5.26 Å². The zero-order chi connectivity index (χ0) is 12.8. The number of nitrogens with zero attached hydrogens (tertiary/aromatic N) is 1. The molecule has 90 valence electrons. The average Bonchev–Trinajstić information content (AvgIpc) is 2.45. The summed E-state index contributed by atoms with van der Waals surface area (Å²) in [6, 6.07) is 19.9. The van der Waals surface area contributed by atoms with E-state index in [1.807, 2.05) is 61.5 Å². The van der Waals surface area contributed by atoms with E-state index in [9.17, 15) is 0 Å². The van der Waals surface area contributed by atoms with E-state index in [-0.39, 0.29) is 5.92 Å². The Labute approximate surface area is 107 Å². The van der Waals surface area contributed by atoms with Crippen LogP contribution < -0.4 is 4.74 Å². The van der Waals surface area contributed by atoms with Crippen molar-refractivity contribution in [3.8, 4) is 11.8 Å². The summed E-state index contributed by atoms with van der Waals surface area (Å²) >= 11 is 0. The third-order valence-corrected chi connectivity index (χ3v) is 2.82. The topological polar surface area (TPSA) is 33.0 Å². The fourth-order valence-corrected chi connectivity index (χ4v) is 1.77. The van der Waals surface area contributed by atoms with Crippen LogP contribution in [0.5, 0.6) is 5.75 Å². The fourth-order valence-electron chi connectivity index (χ4n) is 1.77. The van der Waals surface area contributed by atoms with Crippen molar-refractivity contribution in [3.05, 3.63) is 65.7 Å². The van der Waals surface area contributed by atoms with Crippen LogP contribution in [0.15, 0.2) is 54.6 Å². The molecule has 2 rings (SSSR count). The molecule has 0 amide bonds. The van der Waals surface area contributed by atoms with Gasteiger partial charge in [-0.2, -0.15) is 5.26 Å². The molecule has 2 heteroatoms. The van der Waals surface area contributed by atoms with E-state index in [0.29, 0.717) is 6.61 Å². The summed E-state index contributed by atoms with van der Waals surface area (Å²) in [7, 11) is 0. The lowest BCUT2D eigenvalue weighted by Gasteiger charge is -2.12. The molecule has 0 radical (unpaired) electrons. The van der Waals surface area contributed by atoms with Gasteiger partial charge >= 0.3 is 0 Å². The Kier molecular flexibility index (Phi) is 3.98. The second kappa shape index (κ2) is 5.88. The first-order chi connectivity index (χ1) is 8.81. The lowest BCUT2D eigenvalue weighted by molar-refractivity contribution is 0.302. The highest BCUT2D eigenvalue weighted by atomic mass is 16.5. The van der Waals surface area contributed by atoms with Gasteiger partial charge in [0.05, 0.1) is 12.0 Å². The average molecular weight is 237 g/mol. The van der Waals surface area contributed by atoms with Gasteiger partial charge in [0, 0.05) is 5.56 Å². The molecule has 2 nitrogen and oxygen atoms in total. The summed E-state index contributed by atoms with van der Waals surface area (Å²) in [5.41, 5.74) is 2.06. The van der Waals surface area contributed by atoms with Crippen LogP contribution in [0.4, 0.5) is 0 Å².